The Labute approximate surface area is 204 Å². The van der Waals surface area contributed by atoms with Gasteiger partial charge in [0.05, 0.1) is 53.0 Å². The summed E-state index contributed by atoms with van der Waals surface area (Å²) in [6, 6.07) is 10.4. The Morgan fingerprint density at radius 1 is 0.611 bits per heavy atom. The van der Waals surface area contributed by atoms with E-state index in [1.165, 1.54) is 12.1 Å². The highest BCUT2D eigenvalue weighted by Gasteiger charge is 2.13. The first-order valence-corrected chi connectivity index (χ1v) is 10.7. The molecule has 0 aliphatic rings. The summed E-state index contributed by atoms with van der Waals surface area (Å²) in [5.41, 5.74) is 10.0. The third-order valence-electron chi connectivity index (χ3n) is 5.30. The Hall–Kier alpha value is -5.52. The van der Waals surface area contributed by atoms with Gasteiger partial charge in [0.2, 0.25) is 0 Å². The first-order chi connectivity index (χ1) is 17.6. The number of hydrogen-bond donors (Lipinski definition) is 1. The van der Waals surface area contributed by atoms with Crippen molar-refractivity contribution < 1.29 is 4.92 Å². The van der Waals surface area contributed by atoms with Crippen molar-refractivity contribution in [3.63, 3.8) is 0 Å². The summed E-state index contributed by atoms with van der Waals surface area (Å²) >= 11 is 0. The van der Waals surface area contributed by atoms with Crippen molar-refractivity contribution >= 4 is 11.4 Å². The molecule has 0 aliphatic heterocycles. The van der Waals surface area contributed by atoms with Gasteiger partial charge in [0.25, 0.3) is 5.69 Å². The molecule has 0 aliphatic carbocycles. The number of nitrogens with two attached hydrogens (primary N) is 1. The van der Waals surface area contributed by atoms with Gasteiger partial charge >= 0.3 is 0 Å². The van der Waals surface area contributed by atoms with Crippen LogP contribution in [0.4, 0.5) is 11.4 Å². The second-order valence-electron chi connectivity index (χ2n) is 7.56. The van der Waals surface area contributed by atoms with Crippen LogP contribution in [0.1, 0.15) is 0 Å². The molecule has 2 aromatic carbocycles. The average Bonchev–Trinajstić information content (AvgIpc) is 3.73. The van der Waals surface area contributed by atoms with Crippen LogP contribution in [-0.2, 0) is 0 Å². The predicted octanol–water partition coefficient (Wildman–Crippen LogP) is 3.61. The molecule has 0 radical (unpaired) electrons. The van der Waals surface area contributed by atoms with E-state index < -0.39 is 4.92 Å². The number of aromatic nitrogens is 8. The minimum atomic E-state index is -0.419. The van der Waals surface area contributed by atoms with Crippen molar-refractivity contribution in [2.24, 2.45) is 0 Å². The van der Waals surface area contributed by atoms with Gasteiger partial charge in [0, 0.05) is 67.4 Å². The minimum Gasteiger partial charge on any atom is -0.399 e. The number of nitrogen functional groups attached to an aromatic ring is 1. The minimum absolute atomic E-state index is 0.0348. The molecule has 12 heteroatoms. The predicted molar refractivity (Wildman–Crippen MR) is 132 cm³/mol. The Kier molecular flexibility index (Phi) is 6.04. The van der Waals surface area contributed by atoms with Gasteiger partial charge in [0.15, 0.2) is 0 Å². The summed E-state index contributed by atoms with van der Waals surface area (Å²) in [6.07, 6.45) is 20.8. The summed E-state index contributed by atoms with van der Waals surface area (Å²) in [6.45, 7) is 0. The maximum absolute atomic E-state index is 10.9. The maximum Gasteiger partial charge on any atom is 0.271 e. The quantitative estimate of drug-likeness (QED) is 0.226. The molecule has 6 aromatic rings. The highest BCUT2D eigenvalue weighted by Crippen LogP contribution is 2.24. The number of rotatable bonds is 5. The van der Waals surface area contributed by atoms with E-state index in [0.717, 1.165) is 22.7 Å². The van der Waals surface area contributed by atoms with Crippen LogP contribution in [0, 0.1) is 10.1 Å². The van der Waals surface area contributed by atoms with Gasteiger partial charge < -0.3 is 24.0 Å². The Bertz CT molecular complexity index is 1560. The molecule has 36 heavy (non-hydrogen) atoms. The van der Waals surface area contributed by atoms with Crippen LogP contribution in [0.3, 0.4) is 0 Å². The lowest BCUT2D eigenvalue weighted by molar-refractivity contribution is -0.384. The topological polar surface area (TPSA) is 140 Å². The molecule has 0 fully saturated rings. The van der Waals surface area contributed by atoms with Crippen molar-refractivity contribution in [2.45, 2.75) is 0 Å². The fraction of sp³-hybridized carbons (Fsp3) is 0. The van der Waals surface area contributed by atoms with E-state index in [0.29, 0.717) is 5.69 Å². The van der Waals surface area contributed by atoms with E-state index in [1.807, 2.05) is 39.7 Å². The summed E-state index contributed by atoms with van der Waals surface area (Å²) in [4.78, 5) is 26.5. The standard InChI is InChI=1S/C12H9N5O2.C12H11N5/c18-17(19)10-1-2-11(15-5-3-13-8-15)12(7-10)16-6-4-14-9-16;13-10-1-2-11(16-5-3-14-8-16)12(7-10)17-6-4-15-9-17/h1-9H;1-9H,13H2. The molecule has 0 spiro atoms. The molecule has 0 saturated heterocycles. The number of nitro groups is 1. The second-order valence-corrected chi connectivity index (χ2v) is 7.56. The first-order valence-electron chi connectivity index (χ1n) is 10.7. The van der Waals surface area contributed by atoms with Gasteiger partial charge in [-0.3, -0.25) is 10.1 Å². The summed E-state index contributed by atoms with van der Waals surface area (Å²) in [5.74, 6) is 0. The number of anilines is 1. The van der Waals surface area contributed by atoms with E-state index in [4.69, 9.17) is 5.73 Å². The van der Waals surface area contributed by atoms with Gasteiger partial charge in [-0.25, -0.2) is 19.9 Å². The molecular weight excluding hydrogens is 460 g/mol. The van der Waals surface area contributed by atoms with Crippen LogP contribution in [0.25, 0.3) is 22.7 Å². The van der Waals surface area contributed by atoms with E-state index >= 15 is 0 Å². The zero-order chi connectivity index (χ0) is 24.9. The molecule has 2 N–H and O–H groups in total. The Balaban J connectivity index is 0.000000149. The Morgan fingerprint density at radius 2 is 1.03 bits per heavy atom. The highest BCUT2D eigenvalue weighted by atomic mass is 16.6. The summed E-state index contributed by atoms with van der Waals surface area (Å²) in [7, 11) is 0. The van der Waals surface area contributed by atoms with Crippen LogP contribution >= 0.6 is 0 Å². The molecule has 178 valence electrons. The molecule has 0 amide bonds. The van der Waals surface area contributed by atoms with E-state index in [1.54, 1.807) is 77.7 Å². The van der Waals surface area contributed by atoms with Crippen molar-refractivity contribution in [1.29, 1.82) is 0 Å². The smallest absolute Gasteiger partial charge is 0.271 e. The number of nitro benzene ring substituents is 1. The van der Waals surface area contributed by atoms with E-state index in [9.17, 15) is 10.1 Å². The number of nitrogens with zero attached hydrogens (tertiary/aromatic N) is 9. The molecule has 12 nitrogen and oxygen atoms in total. The van der Waals surface area contributed by atoms with Gasteiger partial charge in [-0.15, -0.1) is 0 Å². The van der Waals surface area contributed by atoms with Gasteiger partial charge in [-0.2, -0.15) is 0 Å². The molecule has 0 saturated carbocycles. The van der Waals surface area contributed by atoms with Crippen molar-refractivity contribution in [1.82, 2.24) is 38.2 Å². The van der Waals surface area contributed by atoms with Gasteiger partial charge in [-0.1, -0.05) is 0 Å². The lowest BCUT2D eigenvalue weighted by atomic mass is 10.2. The zero-order valence-electron chi connectivity index (χ0n) is 18.8. The molecule has 4 heterocycles. The lowest BCUT2D eigenvalue weighted by Gasteiger charge is -2.11. The van der Waals surface area contributed by atoms with Crippen LogP contribution < -0.4 is 5.73 Å². The van der Waals surface area contributed by atoms with Crippen LogP contribution in [0.15, 0.2) is 111 Å². The number of non-ortho nitro benzene ring substituents is 1. The SMILES string of the molecule is Nc1ccc(-n2ccnc2)c(-n2ccnc2)c1.O=[N+]([O-])c1ccc(-n2ccnc2)c(-n2ccnc2)c1. The van der Waals surface area contributed by atoms with E-state index in [2.05, 4.69) is 19.9 Å². The fourth-order valence-corrected chi connectivity index (χ4v) is 3.62. The van der Waals surface area contributed by atoms with Crippen molar-refractivity contribution in [3.05, 3.63) is 121 Å². The van der Waals surface area contributed by atoms with Crippen LogP contribution in [0.5, 0.6) is 0 Å². The summed E-state index contributed by atoms with van der Waals surface area (Å²) < 4.78 is 7.38. The van der Waals surface area contributed by atoms with Crippen molar-refractivity contribution in [2.75, 3.05) is 5.73 Å². The maximum atomic E-state index is 10.9. The Morgan fingerprint density at radius 3 is 1.44 bits per heavy atom. The molecule has 6 rings (SSSR count). The number of hydrogen-bond acceptors (Lipinski definition) is 7. The van der Waals surface area contributed by atoms with Gasteiger partial charge in [0.1, 0.15) is 0 Å². The van der Waals surface area contributed by atoms with Crippen molar-refractivity contribution in [3.8, 4) is 22.7 Å². The third-order valence-corrected chi connectivity index (χ3v) is 5.30. The fourth-order valence-electron chi connectivity index (χ4n) is 3.62. The normalized spacial score (nSPS) is 10.6. The molecule has 0 bridgehead atoms. The second kappa shape index (κ2) is 9.77. The van der Waals surface area contributed by atoms with Crippen LogP contribution in [0.2, 0.25) is 0 Å². The molecule has 0 atom stereocenters. The number of benzene rings is 2. The number of imidazole rings is 4. The third kappa shape index (κ3) is 4.59. The lowest BCUT2D eigenvalue weighted by Crippen LogP contribution is -2.01. The monoisotopic (exact) mass is 480 g/mol. The highest BCUT2D eigenvalue weighted by molar-refractivity contribution is 5.60. The molecule has 0 unspecified atom stereocenters. The first kappa shape index (κ1) is 22.3. The summed E-state index contributed by atoms with van der Waals surface area (Å²) in [5, 5.41) is 10.9. The zero-order valence-corrected chi connectivity index (χ0v) is 18.8. The largest absolute Gasteiger partial charge is 0.399 e. The van der Waals surface area contributed by atoms with E-state index in [-0.39, 0.29) is 5.69 Å². The van der Waals surface area contributed by atoms with Gasteiger partial charge in [-0.05, 0) is 24.3 Å². The average molecular weight is 480 g/mol. The molecule has 4 aromatic heterocycles. The molecular formula is C24H20N10O2. The van der Waals surface area contributed by atoms with Crippen LogP contribution in [-0.4, -0.2) is 43.1 Å².